The number of anilines is 3. The minimum absolute atomic E-state index is 0.0485. The Bertz CT molecular complexity index is 1080. The van der Waals surface area contributed by atoms with E-state index in [4.69, 9.17) is 19.2 Å². The lowest BCUT2D eigenvalue weighted by Crippen LogP contribution is -2.43. The Morgan fingerprint density at radius 1 is 0.947 bits per heavy atom. The zero-order valence-electron chi connectivity index (χ0n) is 22.0. The average molecular weight is 525 g/mol. The number of carbonyl (C=O) groups excluding carboxylic acids is 1. The number of rotatable bonds is 10. The van der Waals surface area contributed by atoms with Gasteiger partial charge in [0.25, 0.3) is 5.91 Å². The number of hydrogen-bond acceptors (Lipinski definition) is 11. The molecular weight excluding hydrogens is 488 g/mol. The zero-order valence-corrected chi connectivity index (χ0v) is 22.0. The minimum atomic E-state index is -0.0652. The predicted octanol–water partition coefficient (Wildman–Crippen LogP) is 2.15. The molecule has 0 unspecified atom stereocenters. The molecule has 3 saturated heterocycles. The summed E-state index contributed by atoms with van der Waals surface area (Å²) >= 11 is 0. The van der Waals surface area contributed by atoms with Gasteiger partial charge in [-0.15, -0.1) is 0 Å². The molecule has 0 aliphatic carbocycles. The van der Waals surface area contributed by atoms with E-state index in [1.54, 1.807) is 17.2 Å². The standard InChI is InChI=1S/C26H36N8O4/c1-2-37-22-17-20(7-8-21(22)38-19-23(35)32-13-15-36-16-14-32)18-27-31-24-28-25(33-9-3-4-10-33)30-26(29-24)34-11-5-6-12-34/h7-8,17-18H,2-6,9-16,19H2,1H3,(H,28,29,30,31)/b27-18+. The summed E-state index contributed by atoms with van der Waals surface area (Å²) in [6, 6.07) is 5.49. The highest BCUT2D eigenvalue weighted by molar-refractivity contribution is 5.81. The van der Waals surface area contributed by atoms with Gasteiger partial charge in [0, 0.05) is 39.3 Å². The molecular formula is C26H36N8O4. The number of hydrogen-bond donors (Lipinski definition) is 1. The van der Waals surface area contributed by atoms with E-state index in [0.717, 1.165) is 57.4 Å². The molecule has 38 heavy (non-hydrogen) atoms. The van der Waals surface area contributed by atoms with Crippen LogP contribution in [0, 0.1) is 0 Å². The van der Waals surface area contributed by atoms with Crippen LogP contribution in [0.15, 0.2) is 23.3 Å². The number of amides is 1. The van der Waals surface area contributed by atoms with Crippen molar-refractivity contribution in [3.05, 3.63) is 23.8 Å². The van der Waals surface area contributed by atoms with Crippen LogP contribution in [0.2, 0.25) is 0 Å². The predicted molar refractivity (Wildman–Crippen MR) is 144 cm³/mol. The SMILES string of the molecule is CCOc1cc(/C=N/Nc2nc(N3CCCC3)nc(N3CCCC3)n2)ccc1OCC(=O)N1CCOCC1. The number of ether oxygens (including phenoxy) is 3. The lowest BCUT2D eigenvalue weighted by molar-refractivity contribution is -0.137. The number of aromatic nitrogens is 3. The Balaban J connectivity index is 1.25. The van der Waals surface area contributed by atoms with Gasteiger partial charge in [-0.3, -0.25) is 4.79 Å². The van der Waals surface area contributed by atoms with Crippen LogP contribution >= 0.6 is 0 Å². The van der Waals surface area contributed by atoms with Crippen molar-refractivity contribution < 1.29 is 19.0 Å². The first kappa shape index (κ1) is 26.0. The molecule has 3 fully saturated rings. The first-order chi connectivity index (χ1) is 18.7. The summed E-state index contributed by atoms with van der Waals surface area (Å²) in [7, 11) is 0. The van der Waals surface area contributed by atoms with E-state index in [1.165, 1.54) is 0 Å². The van der Waals surface area contributed by atoms with Crippen molar-refractivity contribution in [3.63, 3.8) is 0 Å². The lowest BCUT2D eigenvalue weighted by atomic mass is 10.2. The highest BCUT2D eigenvalue weighted by atomic mass is 16.5. The molecule has 4 heterocycles. The van der Waals surface area contributed by atoms with Crippen LogP contribution in [0.4, 0.5) is 17.8 Å². The molecule has 204 valence electrons. The Morgan fingerprint density at radius 2 is 1.61 bits per heavy atom. The van der Waals surface area contributed by atoms with E-state index < -0.39 is 0 Å². The van der Waals surface area contributed by atoms with Crippen LogP contribution in [0.1, 0.15) is 38.2 Å². The molecule has 3 aliphatic rings. The molecule has 1 aromatic carbocycles. The smallest absolute Gasteiger partial charge is 0.260 e. The van der Waals surface area contributed by atoms with Crippen molar-refractivity contribution >= 4 is 30.0 Å². The molecule has 12 nitrogen and oxygen atoms in total. The summed E-state index contributed by atoms with van der Waals surface area (Å²) in [5, 5.41) is 4.38. The van der Waals surface area contributed by atoms with Crippen molar-refractivity contribution in [1.29, 1.82) is 0 Å². The molecule has 0 spiro atoms. The van der Waals surface area contributed by atoms with Gasteiger partial charge >= 0.3 is 0 Å². The largest absolute Gasteiger partial charge is 0.490 e. The van der Waals surface area contributed by atoms with Crippen molar-refractivity contribution in [2.24, 2.45) is 5.10 Å². The van der Waals surface area contributed by atoms with Crippen molar-refractivity contribution in [1.82, 2.24) is 19.9 Å². The van der Waals surface area contributed by atoms with E-state index in [-0.39, 0.29) is 12.5 Å². The third-order valence-electron chi connectivity index (χ3n) is 6.75. The number of morpholine rings is 1. The fraction of sp³-hybridized carbons (Fsp3) is 0.577. The topological polar surface area (TPSA) is 118 Å². The molecule has 0 saturated carbocycles. The van der Waals surface area contributed by atoms with Gasteiger partial charge in [-0.1, -0.05) is 0 Å². The quantitative estimate of drug-likeness (QED) is 0.366. The van der Waals surface area contributed by atoms with E-state index in [1.807, 2.05) is 19.1 Å². The number of nitrogens with zero attached hydrogens (tertiary/aromatic N) is 7. The number of benzene rings is 1. The summed E-state index contributed by atoms with van der Waals surface area (Å²) in [6.45, 7) is 8.44. The molecule has 1 amide bonds. The van der Waals surface area contributed by atoms with E-state index >= 15 is 0 Å². The van der Waals surface area contributed by atoms with Crippen LogP contribution < -0.4 is 24.7 Å². The van der Waals surface area contributed by atoms with E-state index in [9.17, 15) is 4.79 Å². The molecule has 2 aromatic rings. The molecule has 0 atom stereocenters. The second kappa shape index (κ2) is 12.7. The lowest BCUT2D eigenvalue weighted by Gasteiger charge is -2.26. The maximum Gasteiger partial charge on any atom is 0.260 e. The third-order valence-corrected chi connectivity index (χ3v) is 6.75. The van der Waals surface area contributed by atoms with Gasteiger partial charge in [-0.25, -0.2) is 5.43 Å². The summed E-state index contributed by atoms with van der Waals surface area (Å²) in [4.78, 5) is 32.6. The van der Waals surface area contributed by atoms with Gasteiger partial charge in [-0.2, -0.15) is 20.1 Å². The van der Waals surface area contributed by atoms with Crippen LogP contribution in [-0.2, 0) is 9.53 Å². The summed E-state index contributed by atoms with van der Waals surface area (Å²) in [5.74, 6) is 2.82. The van der Waals surface area contributed by atoms with Crippen molar-refractivity contribution in [3.8, 4) is 11.5 Å². The van der Waals surface area contributed by atoms with Crippen molar-refractivity contribution in [2.75, 3.05) is 80.9 Å². The van der Waals surface area contributed by atoms with Gasteiger partial charge in [0.1, 0.15) is 0 Å². The van der Waals surface area contributed by atoms with Crippen LogP contribution in [0.3, 0.4) is 0 Å². The summed E-state index contributed by atoms with van der Waals surface area (Å²) in [6.07, 6.45) is 6.27. The fourth-order valence-corrected chi connectivity index (χ4v) is 4.72. The monoisotopic (exact) mass is 524 g/mol. The fourth-order valence-electron chi connectivity index (χ4n) is 4.72. The second-order valence-corrected chi connectivity index (χ2v) is 9.44. The highest BCUT2D eigenvalue weighted by Gasteiger charge is 2.22. The Kier molecular flexibility index (Phi) is 8.69. The normalized spacial score (nSPS) is 17.9. The molecule has 0 radical (unpaired) electrons. The molecule has 12 heteroatoms. The minimum Gasteiger partial charge on any atom is -0.490 e. The Hall–Kier alpha value is -3.67. The summed E-state index contributed by atoms with van der Waals surface area (Å²) < 4.78 is 16.9. The second-order valence-electron chi connectivity index (χ2n) is 9.44. The maximum absolute atomic E-state index is 12.5. The van der Waals surface area contributed by atoms with Gasteiger partial charge < -0.3 is 28.9 Å². The van der Waals surface area contributed by atoms with Crippen LogP contribution in [-0.4, -0.2) is 97.7 Å². The first-order valence-corrected chi connectivity index (χ1v) is 13.5. The van der Waals surface area contributed by atoms with Gasteiger partial charge in [0.05, 0.1) is 26.0 Å². The average Bonchev–Trinajstić information content (AvgIpc) is 3.68. The highest BCUT2D eigenvalue weighted by Crippen LogP contribution is 2.28. The first-order valence-electron chi connectivity index (χ1n) is 13.5. The Labute approximate surface area is 223 Å². The third kappa shape index (κ3) is 6.60. The molecule has 1 N–H and O–H groups in total. The molecule has 3 aliphatic heterocycles. The Morgan fingerprint density at radius 3 is 2.24 bits per heavy atom. The van der Waals surface area contributed by atoms with Crippen molar-refractivity contribution in [2.45, 2.75) is 32.6 Å². The maximum atomic E-state index is 12.5. The molecule has 5 rings (SSSR count). The van der Waals surface area contributed by atoms with E-state index in [0.29, 0.717) is 62.3 Å². The number of hydrazone groups is 1. The van der Waals surface area contributed by atoms with Gasteiger partial charge in [0.2, 0.25) is 17.8 Å². The van der Waals surface area contributed by atoms with E-state index in [2.05, 4.69) is 30.3 Å². The van der Waals surface area contributed by atoms with Gasteiger partial charge in [0.15, 0.2) is 18.1 Å². The molecule has 1 aromatic heterocycles. The molecule has 0 bridgehead atoms. The van der Waals surface area contributed by atoms with Crippen LogP contribution in [0.5, 0.6) is 11.5 Å². The van der Waals surface area contributed by atoms with Crippen LogP contribution in [0.25, 0.3) is 0 Å². The zero-order chi connectivity index (χ0) is 26.2. The number of carbonyl (C=O) groups is 1. The summed E-state index contributed by atoms with van der Waals surface area (Å²) in [5.41, 5.74) is 3.79. The van der Waals surface area contributed by atoms with Gasteiger partial charge in [-0.05, 0) is 56.4 Å². The number of nitrogens with one attached hydrogen (secondary N) is 1.